The number of fused-ring (bicyclic) bond motifs is 1. The predicted molar refractivity (Wildman–Crippen MR) is 103 cm³/mol. The van der Waals surface area contributed by atoms with E-state index in [0.29, 0.717) is 25.4 Å². The molecule has 0 radical (unpaired) electrons. The van der Waals surface area contributed by atoms with Gasteiger partial charge in [-0.3, -0.25) is 4.79 Å². The first-order valence-corrected chi connectivity index (χ1v) is 9.02. The van der Waals surface area contributed by atoms with E-state index in [1.807, 2.05) is 37.3 Å². The second-order valence-corrected chi connectivity index (χ2v) is 7.37. The molecule has 2 aromatic heterocycles. The van der Waals surface area contributed by atoms with E-state index < -0.39 is 0 Å². The molecule has 4 aromatic rings. The first kappa shape index (κ1) is 16.3. The number of hydrogen-bond acceptors (Lipinski definition) is 4. The lowest BCUT2D eigenvalue weighted by Crippen LogP contribution is -2.23. The molecule has 7 heteroatoms. The van der Waals surface area contributed by atoms with Crippen molar-refractivity contribution in [3.8, 4) is 11.4 Å². The summed E-state index contributed by atoms with van der Waals surface area (Å²) in [7, 11) is 0. The highest BCUT2D eigenvalue weighted by molar-refractivity contribution is 7.15. The van der Waals surface area contributed by atoms with Crippen molar-refractivity contribution in [3.05, 3.63) is 78.5 Å². The highest BCUT2D eigenvalue weighted by atomic mass is 35.5. The standard InChI is InChI=1S/C18H11Cl2N3OS/c1-10-4-2-3-5-12(10)16-21-22-18-23(16)17(24)15(25-18)9-11-6-7-13(19)14(20)8-11/h2-9H,1H3. The molecule has 0 aliphatic carbocycles. The van der Waals surface area contributed by atoms with Gasteiger partial charge in [-0.15, -0.1) is 10.2 Å². The van der Waals surface area contributed by atoms with Crippen molar-refractivity contribution in [1.29, 1.82) is 0 Å². The lowest BCUT2D eigenvalue weighted by atomic mass is 10.1. The molecule has 2 aromatic carbocycles. The van der Waals surface area contributed by atoms with Gasteiger partial charge in [-0.2, -0.15) is 0 Å². The van der Waals surface area contributed by atoms with Gasteiger partial charge in [0.2, 0.25) is 4.96 Å². The van der Waals surface area contributed by atoms with Gasteiger partial charge in [0.25, 0.3) is 5.56 Å². The summed E-state index contributed by atoms with van der Waals surface area (Å²) in [4.78, 5) is 13.4. The van der Waals surface area contributed by atoms with Gasteiger partial charge in [0.05, 0.1) is 14.6 Å². The molecule has 0 aliphatic rings. The van der Waals surface area contributed by atoms with Crippen LogP contribution in [0.25, 0.3) is 22.4 Å². The maximum Gasteiger partial charge on any atom is 0.276 e. The van der Waals surface area contributed by atoms with Crippen molar-refractivity contribution in [2.24, 2.45) is 0 Å². The van der Waals surface area contributed by atoms with Crippen LogP contribution in [-0.2, 0) is 0 Å². The van der Waals surface area contributed by atoms with Crippen molar-refractivity contribution in [2.45, 2.75) is 6.92 Å². The molecule has 0 atom stereocenters. The zero-order chi connectivity index (χ0) is 17.6. The second-order valence-electron chi connectivity index (χ2n) is 5.55. The van der Waals surface area contributed by atoms with Crippen LogP contribution in [0.3, 0.4) is 0 Å². The minimum Gasteiger partial charge on any atom is -0.267 e. The fourth-order valence-corrected chi connectivity index (χ4v) is 3.83. The van der Waals surface area contributed by atoms with Gasteiger partial charge >= 0.3 is 0 Å². The summed E-state index contributed by atoms with van der Waals surface area (Å²) in [5, 5.41) is 9.28. The first-order chi connectivity index (χ1) is 12.0. The van der Waals surface area contributed by atoms with Gasteiger partial charge in [0.1, 0.15) is 0 Å². The largest absolute Gasteiger partial charge is 0.276 e. The Bertz CT molecular complexity index is 1210. The van der Waals surface area contributed by atoms with E-state index in [4.69, 9.17) is 23.2 Å². The quantitative estimate of drug-likeness (QED) is 0.522. The average Bonchev–Trinajstić information content (AvgIpc) is 3.13. The molecule has 0 fully saturated rings. The number of hydrogen-bond donors (Lipinski definition) is 0. The third-order valence-corrected chi connectivity index (χ3v) is 5.57. The molecule has 0 saturated carbocycles. The Kier molecular flexibility index (Phi) is 4.07. The highest BCUT2D eigenvalue weighted by Crippen LogP contribution is 2.23. The van der Waals surface area contributed by atoms with E-state index in [-0.39, 0.29) is 5.56 Å². The molecule has 0 aliphatic heterocycles. The van der Waals surface area contributed by atoms with Crippen LogP contribution in [-0.4, -0.2) is 14.6 Å². The van der Waals surface area contributed by atoms with Crippen molar-refractivity contribution in [1.82, 2.24) is 14.6 Å². The van der Waals surface area contributed by atoms with Crippen LogP contribution >= 0.6 is 34.5 Å². The van der Waals surface area contributed by atoms with Gasteiger partial charge in [-0.25, -0.2) is 4.40 Å². The topological polar surface area (TPSA) is 47.3 Å². The second kappa shape index (κ2) is 6.26. The van der Waals surface area contributed by atoms with E-state index in [1.165, 1.54) is 11.3 Å². The molecule has 4 nitrogen and oxygen atoms in total. The van der Waals surface area contributed by atoms with Gasteiger partial charge < -0.3 is 0 Å². The van der Waals surface area contributed by atoms with E-state index in [1.54, 1.807) is 22.6 Å². The third-order valence-electron chi connectivity index (χ3n) is 3.88. The minimum atomic E-state index is -0.144. The normalized spacial score (nSPS) is 12.2. The number of benzene rings is 2. The zero-order valence-electron chi connectivity index (χ0n) is 13.0. The summed E-state index contributed by atoms with van der Waals surface area (Å²) < 4.78 is 2.12. The predicted octanol–water partition coefficient (Wildman–Crippen LogP) is 3.98. The maximum atomic E-state index is 12.9. The fraction of sp³-hybridized carbons (Fsp3) is 0.0556. The molecule has 25 heavy (non-hydrogen) atoms. The zero-order valence-corrected chi connectivity index (χ0v) is 15.4. The Morgan fingerprint density at radius 2 is 1.88 bits per heavy atom. The number of aromatic nitrogens is 3. The van der Waals surface area contributed by atoms with Crippen LogP contribution < -0.4 is 10.1 Å². The Balaban J connectivity index is 1.93. The van der Waals surface area contributed by atoms with Crippen LogP contribution in [0.4, 0.5) is 0 Å². The third kappa shape index (κ3) is 2.84. The minimum absolute atomic E-state index is 0.144. The summed E-state index contributed by atoms with van der Waals surface area (Å²) in [6, 6.07) is 13.0. The first-order valence-electron chi connectivity index (χ1n) is 7.45. The van der Waals surface area contributed by atoms with E-state index in [9.17, 15) is 4.79 Å². The molecule has 4 rings (SSSR count). The average molecular weight is 388 g/mol. The number of aryl methyl sites for hydroxylation is 1. The van der Waals surface area contributed by atoms with Crippen molar-refractivity contribution in [2.75, 3.05) is 0 Å². The molecule has 0 bridgehead atoms. The number of halogens is 2. The van der Waals surface area contributed by atoms with Gasteiger partial charge in [0, 0.05) is 5.56 Å². The lowest BCUT2D eigenvalue weighted by Gasteiger charge is -2.01. The summed E-state index contributed by atoms with van der Waals surface area (Å²) in [6.07, 6.45) is 1.78. The van der Waals surface area contributed by atoms with E-state index >= 15 is 0 Å². The summed E-state index contributed by atoms with van der Waals surface area (Å²) >= 11 is 13.3. The molecule has 0 N–H and O–H groups in total. The Hall–Kier alpha value is -2.21. The Labute approximate surface area is 157 Å². The molecule has 0 amide bonds. The lowest BCUT2D eigenvalue weighted by molar-refractivity contribution is 1.09. The van der Waals surface area contributed by atoms with Crippen LogP contribution in [0.5, 0.6) is 0 Å². The number of thiazole rings is 1. The molecular weight excluding hydrogens is 377 g/mol. The van der Waals surface area contributed by atoms with Crippen LogP contribution in [0.2, 0.25) is 10.0 Å². The molecule has 124 valence electrons. The van der Waals surface area contributed by atoms with E-state index in [2.05, 4.69) is 10.2 Å². The van der Waals surface area contributed by atoms with Gasteiger partial charge in [0.15, 0.2) is 5.82 Å². The van der Waals surface area contributed by atoms with Crippen LogP contribution in [0, 0.1) is 6.92 Å². The summed E-state index contributed by atoms with van der Waals surface area (Å²) in [6.45, 7) is 1.98. The maximum absolute atomic E-state index is 12.9. The molecule has 0 unspecified atom stereocenters. The summed E-state index contributed by atoms with van der Waals surface area (Å²) in [5.41, 5.74) is 2.60. The Morgan fingerprint density at radius 1 is 1.08 bits per heavy atom. The fourth-order valence-electron chi connectivity index (χ4n) is 2.61. The van der Waals surface area contributed by atoms with Crippen molar-refractivity contribution in [3.63, 3.8) is 0 Å². The smallest absolute Gasteiger partial charge is 0.267 e. The Morgan fingerprint density at radius 3 is 2.64 bits per heavy atom. The SMILES string of the molecule is Cc1ccccc1-c1nnc2sc(=Cc3ccc(Cl)c(Cl)c3)c(=O)n12. The van der Waals surface area contributed by atoms with Gasteiger partial charge in [-0.1, -0.05) is 64.9 Å². The molecule has 0 saturated heterocycles. The number of rotatable bonds is 2. The highest BCUT2D eigenvalue weighted by Gasteiger charge is 2.15. The van der Waals surface area contributed by atoms with Crippen LogP contribution in [0.1, 0.15) is 11.1 Å². The summed E-state index contributed by atoms with van der Waals surface area (Å²) in [5.74, 6) is 0.558. The number of nitrogens with zero attached hydrogens (tertiary/aromatic N) is 3. The van der Waals surface area contributed by atoms with Gasteiger partial charge in [-0.05, 0) is 36.3 Å². The van der Waals surface area contributed by atoms with Crippen LogP contribution in [0.15, 0.2) is 47.3 Å². The van der Waals surface area contributed by atoms with E-state index in [0.717, 1.165) is 16.7 Å². The molecular formula is C18H11Cl2N3OS. The molecule has 2 heterocycles. The molecule has 0 spiro atoms. The monoisotopic (exact) mass is 387 g/mol. The van der Waals surface area contributed by atoms with Crippen molar-refractivity contribution < 1.29 is 0 Å². The van der Waals surface area contributed by atoms with Crippen molar-refractivity contribution >= 4 is 45.6 Å².